The van der Waals surface area contributed by atoms with Crippen molar-refractivity contribution in [1.82, 2.24) is 0 Å². The molecule has 1 rings (SSSR count). The van der Waals surface area contributed by atoms with Gasteiger partial charge in [0, 0.05) is 0 Å². The first-order valence-electron chi connectivity index (χ1n) is 2.81. The summed E-state index contributed by atoms with van der Waals surface area (Å²) in [7, 11) is -0.431. The molecule has 0 amide bonds. The van der Waals surface area contributed by atoms with Crippen LogP contribution in [-0.4, -0.2) is 23.8 Å². The maximum absolute atomic E-state index is 10.3. The third kappa shape index (κ3) is 1.96. The van der Waals surface area contributed by atoms with Gasteiger partial charge in [0.25, 0.3) is 0 Å². The van der Waals surface area contributed by atoms with Gasteiger partial charge in [-0.25, -0.2) is 4.79 Å². The molecule has 0 saturated carbocycles. The second kappa shape index (κ2) is 3.40. The Kier molecular flexibility index (Phi) is 2.51. The summed E-state index contributed by atoms with van der Waals surface area (Å²) in [5.41, 5.74) is 0. The molecular formula is C5H5BO4S. The van der Waals surface area contributed by atoms with E-state index in [-0.39, 0.29) is 4.88 Å². The molecule has 0 saturated heterocycles. The fourth-order valence-corrected chi connectivity index (χ4v) is 1.26. The van der Waals surface area contributed by atoms with Gasteiger partial charge in [0.05, 0.1) is 0 Å². The molecule has 0 aromatic carbocycles. The van der Waals surface area contributed by atoms with Gasteiger partial charge in [0.15, 0.2) is 5.06 Å². The van der Waals surface area contributed by atoms with Crippen LogP contribution in [-0.2, 0) is 0 Å². The Hall–Kier alpha value is -1.01. The van der Waals surface area contributed by atoms with E-state index in [1.54, 1.807) is 0 Å². The first-order chi connectivity index (χ1) is 5.24. The number of thiophene rings is 1. The molecule has 2 N–H and O–H groups in total. The highest BCUT2D eigenvalue weighted by Crippen LogP contribution is 2.23. The number of aromatic carboxylic acids is 1. The van der Waals surface area contributed by atoms with E-state index in [1.807, 2.05) is 0 Å². The van der Waals surface area contributed by atoms with Crippen molar-refractivity contribution < 1.29 is 19.6 Å². The zero-order valence-electron chi connectivity index (χ0n) is 5.48. The average Bonchev–Trinajstić information content (AvgIpc) is 2.37. The van der Waals surface area contributed by atoms with Crippen molar-refractivity contribution >= 4 is 25.0 Å². The minimum atomic E-state index is -0.984. The molecule has 0 aliphatic carbocycles. The second-order valence-corrected chi connectivity index (χ2v) is 2.74. The third-order valence-corrected chi connectivity index (χ3v) is 1.98. The van der Waals surface area contributed by atoms with Crippen molar-refractivity contribution in [2.75, 3.05) is 0 Å². The molecule has 1 aromatic heterocycles. The Labute approximate surface area is 67.4 Å². The van der Waals surface area contributed by atoms with Crippen LogP contribution in [0.25, 0.3) is 0 Å². The highest BCUT2D eigenvalue weighted by molar-refractivity contribution is 7.15. The highest BCUT2D eigenvalue weighted by Gasteiger charge is 2.06. The SMILES string of the molecule is O=C(O)c1ccc(OBO)s1. The van der Waals surface area contributed by atoms with Gasteiger partial charge in [-0.3, -0.25) is 0 Å². The molecule has 6 heteroatoms. The van der Waals surface area contributed by atoms with Crippen LogP contribution < -0.4 is 4.65 Å². The summed E-state index contributed by atoms with van der Waals surface area (Å²) in [5, 5.41) is 17.2. The van der Waals surface area contributed by atoms with Crippen LogP contribution in [0.4, 0.5) is 0 Å². The summed E-state index contributed by atoms with van der Waals surface area (Å²) in [5.74, 6) is -0.984. The molecule has 0 aliphatic rings. The maximum Gasteiger partial charge on any atom is 0.504 e. The van der Waals surface area contributed by atoms with E-state index < -0.39 is 13.7 Å². The van der Waals surface area contributed by atoms with Gasteiger partial charge in [-0.2, -0.15) is 0 Å². The molecular weight excluding hydrogens is 167 g/mol. The predicted octanol–water partition coefficient (Wildman–Crippen LogP) is 0.0839. The van der Waals surface area contributed by atoms with Crippen LogP contribution in [0.1, 0.15) is 9.67 Å². The van der Waals surface area contributed by atoms with Crippen molar-refractivity contribution in [1.29, 1.82) is 0 Å². The van der Waals surface area contributed by atoms with Crippen LogP contribution in [0.5, 0.6) is 5.06 Å². The number of hydrogen-bond donors (Lipinski definition) is 2. The molecule has 4 nitrogen and oxygen atoms in total. The molecule has 0 atom stereocenters. The van der Waals surface area contributed by atoms with Crippen molar-refractivity contribution in [2.45, 2.75) is 0 Å². The van der Waals surface area contributed by atoms with Crippen molar-refractivity contribution in [3.8, 4) is 5.06 Å². The van der Waals surface area contributed by atoms with E-state index in [0.717, 1.165) is 11.3 Å². The highest BCUT2D eigenvalue weighted by atomic mass is 32.1. The van der Waals surface area contributed by atoms with E-state index in [4.69, 9.17) is 10.1 Å². The fraction of sp³-hybridized carbons (Fsp3) is 0. The minimum Gasteiger partial charge on any atom is -0.531 e. The van der Waals surface area contributed by atoms with Crippen LogP contribution in [0.3, 0.4) is 0 Å². The Bertz CT molecular complexity index is 259. The number of rotatable bonds is 3. The van der Waals surface area contributed by atoms with E-state index >= 15 is 0 Å². The van der Waals surface area contributed by atoms with Crippen LogP contribution >= 0.6 is 11.3 Å². The summed E-state index contributed by atoms with van der Waals surface area (Å²) in [6.45, 7) is 0. The van der Waals surface area contributed by atoms with E-state index in [0.29, 0.717) is 5.06 Å². The lowest BCUT2D eigenvalue weighted by molar-refractivity contribution is 0.0702. The van der Waals surface area contributed by atoms with Crippen molar-refractivity contribution in [3.05, 3.63) is 17.0 Å². The number of carboxylic acid groups (broad SMARTS) is 1. The summed E-state index contributed by atoms with van der Waals surface area (Å²) in [6, 6.07) is 2.93. The lowest BCUT2D eigenvalue weighted by atomic mass is 10.4. The lowest BCUT2D eigenvalue weighted by Crippen LogP contribution is -1.97. The standard InChI is InChI=1S/C5H5BO4S/c7-5(8)3-1-2-4(11-3)10-6-9/h1-2,6,9H,(H,7,8). The summed E-state index contributed by atoms with van der Waals surface area (Å²) < 4.78 is 4.65. The molecule has 0 unspecified atom stereocenters. The zero-order valence-corrected chi connectivity index (χ0v) is 6.30. The molecule has 11 heavy (non-hydrogen) atoms. The molecule has 0 spiro atoms. The first-order valence-corrected chi connectivity index (χ1v) is 3.62. The quantitative estimate of drug-likeness (QED) is 0.633. The average molecular weight is 172 g/mol. The third-order valence-electron chi connectivity index (χ3n) is 0.999. The summed E-state index contributed by atoms with van der Waals surface area (Å²) in [4.78, 5) is 10.5. The minimum absolute atomic E-state index is 0.202. The van der Waals surface area contributed by atoms with Crippen molar-refractivity contribution in [2.24, 2.45) is 0 Å². The molecule has 58 valence electrons. The topological polar surface area (TPSA) is 66.8 Å². The van der Waals surface area contributed by atoms with Gasteiger partial charge in [-0.1, -0.05) is 11.3 Å². The molecule has 1 heterocycles. The van der Waals surface area contributed by atoms with E-state index in [1.165, 1.54) is 12.1 Å². The first kappa shape index (κ1) is 8.09. The number of hydrogen-bond acceptors (Lipinski definition) is 4. The lowest BCUT2D eigenvalue weighted by Gasteiger charge is -1.92. The van der Waals surface area contributed by atoms with Gasteiger partial charge in [0.1, 0.15) is 4.88 Å². The molecule has 0 radical (unpaired) electrons. The van der Waals surface area contributed by atoms with Crippen molar-refractivity contribution in [3.63, 3.8) is 0 Å². The Balaban J connectivity index is 2.73. The Morgan fingerprint density at radius 2 is 2.36 bits per heavy atom. The Morgan fingerprint density at radius 3 is 2.82 bits per heavy atom. The summed E-state index contributed by atoms with van der Waals surface area (Å²) >= 11 is 0.984. The molecule has 0 bridgehead atoms. The van der Waals surface area contributed by atoms with Gasteiger partial charge >= 0.3 is 13.7 Å². The second-order valence-electron chi connectivity index (χ2n) is 1.70. The van der Waals surface area contributed by atoms with Gasteiger partial charge in [-0.05, 0) is 12.1 Å². The Morgan fingerprint density at radius 1 is 1.64 bits per heavy atom. The maximum atomic E-state index is 10.3. The summed E-state index contributed by atoms with van der Waals surface area (Å²) in [6.07, 6.45) is 0. The van der Waals surface area contributed by atoms with Gasteiger partial charge < -0.3 is 14.8 Å². The van der Waals surface area contributed by atoms with Crippen LogP contribution in [0.2, 0.25) is 0 Å². The zero-order chi connectivity index (χ0) is 8.27. The predicted molar refractivity (Wildman–Crippen MR) is 41.3 cm³/mol. The monoisotopic (exact) mass is 172 g/mol. The van der Waals surface area contributed by atoms with Crippen LogP contribution in [0, 0.1) is 0 Å². The van der Waals surface area contributed by atoms with Gasteiger partial charge in [-0.15, -0.1) is 0 Å². The molecule has 0 aliphatic heterocycles. The van der Waals surface area contributed by atoms with E-state index in [9.17, 15) is 4.79 Å². The smallest absolute Gasteiger partial charge is 0.504 e. The van der Waals surface area contributed by atoms with Gasteiger partial charge in [0.2, 0.25) is 0 Å². The fourth-order valence-electron chi connectivity index (χ4n) is 0.576. The normalized spacial score (nSPS) is 9.18. The van der Waals surface area contributed by atoms with E-state index in [2.05, 4.69) is 4.65 Å². The molecule has 1 aromatic rings. The largest absolute Gasteiger partial charge is 0.531 e. The number of carboxylic acids is 1. The number of carbonyl (C=O) groups is 1. The van der Waals surface area contributed by atoms with Crippen LogP contribution in [0.15, 0.2) is 12.1 Å². The molecule has 0 fully saturated rings.